The van der Waals surface area contributed by atoms with E-state index in [9.17, 15) is 4.79 Å². The molecule has 3 heteroatoms. The Labute approximate surface area is 103 Å². The summed E-state index contributed by atoms with van der Waals surface area (Å²) >= 11 is 0. The molecule has 1 heterocycles. The van der Waals surface area contributed by atoms with Crippen LogP contribution >= 0.6 is 0 Å². The minimum absolute atomic E-state index is 0.328. The number of nitrogens with zero attached hydrogens (tertiary/aromatic N) is 1. The van der Waals surface area contributed by atoms with Gasteiger partial charge in [0.15, 0.2) is 0 Å². The Kier molecular flexibility index (Phi) is 2.11. The van der Waals surface area contributed by atoms with E-state index in [0.29, 0.717) is 17.9 Å². The van der Waals surface area contributed by atoms with Crippen molar-refractivity contribution in [3.05, 3.63) is 0 Å². The van der Waals surface area contributed by atoms with Gasteiger partial charge in [-0.3, -0.25) is 4.79 Å². The standard InChI is InChI=1S/C14H22N2O/c15-10-3-5-16(6-4-10)14(17)13-11-8-1-2-9(7-8)12(11)13/h8-13H,1-7,15H2. The van der Waals surface area contributed by atoms with Crippen molar-refractivity contribution in [1.82, 2.24) is 4.90 Å². The summed E-state index contributed by atoms with van der Waals surface area (Å²) in [5.74, 6) is 4.30. The Morgan fingerprint density at radius 2 is 1.59 bits per heavy atom. The summed E-state index contributed by atoms with van der Waals surface area (Å²) in [4.78, 5) is 14.6. The molecule has 4 atom stereocenters. The lowest BCUT2D eigenvalue weighted by Gasteiger charge is -2.31. The number of nitrogens with two attached hydrogens (primary N) is 1. The molecule has 1 saturated heterocycles. The van der Waals surface area contributed by atoms with Crippen molar-refractivity contribution in [2.45, 2.75) is 38.1 Å². The molecule has 4 rings (SSSR count). The highest BCUT2D eigenvalue weighted by molar-refractivity contribution is 5.83. The van der Waals surface area contributed by atoms with Crippen LogP contribution in [0, 0.1) is 29.6 Å². The lowest BCUT2D eigenvalue weighted by Crippen LogP contribution is -2.44. The predicted molar refractivity (Wildman–Crippen MR) is 65.1 cm³/mol. The summed E-state index contributed by atoms with van der Waals surface area (Å²) < 4.78 is 0. The summed E-state index contributed by atoms with van der Waals surface area (Å²) in [5.41, 5.74) is 5.90. The smallest absolute Gasteiger partial charge is 0.226 e. The number of fused-ring (bicyclic) bond motifs is 5. The summed E-state index contributed by atoms with van der Waals surface area (Å²) in [6, 6.07) is 0.328. The second-order valence-corrected chi connectivity index (χ2v) is 6.68. The van der Waals surface area contributed by atoms with Gasteiger partial charge < -0.3 is 10.6 Å². The first-order valence-corrected chi connectivity index (χ1v) is 7.30. The van der Waals surface area contributed by atoms with E-state index >= 15 is 0 Å². The molecule has 4 unspecified atom stereocenters. The van der Waals surface area contributed by atoms with Gasteiger partial charge in [-0.2, -0.15) is 0 Å². The molecule has 0 radical (unpaired) electrons. The molecule has 94 valence electrons. The zero-order chi connectivity index (χ0) is 11.6. The van der Waals surface area contributed by atoms with E-state index in [0.717, 1.165) is 49.6 Å². The molecule has 2 N–H and O–H groups in total. The minimum atomic E-state index is 0.328. The third-order valence-corrected chi connectivity index (χ3v) is 5.87. The molecular formula is C14H22N2O. The normalized spacial score (nSPS) is 48.3. The Hall–Kier alpha value is -0.570. The molecule has 3 saturated carbocycles. The van der Waals surface area contributed by atoms with Crippen LogP contribution in [0.25, 0.3) is 0 Å². The van der Waals surface area contributed by atoms with Crippen LogP contribution in [0.2, 0.25) is 0 Å². The van der Waals surface area contributed by atoms with Crippen LogP contribution in [0.3, 0.4) is 0 Å². The molecule has 4 aliphatic rings. The van der Waals surface area contributed by atoms with Crippen LogP contribution in [0.5, 0.6) is 0 Å². The Morgan fingerprint density at radius 1 is 1.00 bits per heavy atom. The van der Waals surface area contributed by atoms with Crippen molar-refractivity contribution in [1.29, 1.82) is 0 Å². The third-order valence-electron chi connectivity index (χ3n) is 5.87. The molecule has 1 aliphatic heterocycles. The lowest BCUT2D eigenvalue weighted by molar-refractivity contribution is -0.134. The molecule has 0 aromatic heterocycles. The van der Waals surface area contributed by atoms with Gasteiger partial charge in [0, 0.05) is 25.0 Å². The average molecular weight is 234 g/mol. The first-order chi connectivity index (χ1) is 8.25. The molecule has 0 aromatic carbocycles. The van der Waals surface area contributed by atoms with Crippen LogP contribution in [0.1, 0.15) is 32.1 Å². The van der Waals surface area contributed by atoms with Gasteiger partial charge in [0.25, 0.3) is 0 Å². The van der Waals surface area contributed by atoms with Gasteiger partial charge in [-0.05, 0) is 55.8 Å². The zero-order valence-corrected chi connectivity index (χ0v) is 10.3. The summed E-state index contributed by atoms with van der Waals surface area (Å²) in [7, 11) is 0. The van der Waals surface area contributed by atoms with E-state index in [-0.39, 0.29) is 0 Å². The SMILES string of the molecule is NC1CCN(C(=O)C2C3C4CCC(C4)C23)CC1. The van der Waals surface area contributed by atoms with Crippen molar-refractivity contribution >= 4 is 5.91 Å². The largest absolute Gasteiger partial charge is 0.342 e. The highest BCUT2D eigenvalue weighted by Crippen LogP contribution is 2.69. The van der Waals surface area contributed by atoms with Crippen LogP contribution in [0.15, 0.2) is 0 Å². The molecule has 2 bridgehead atoms. The second kappa shape index (κ2) is 3.47. The number of carbonyl (C=O) groups excluding carboxylic acids is 1. The highest BCUT2D eigenvalue weighted by Gasteiger charge is 2.67. The van der Waals surface area contributed by atoms with Gasteiger partial charge in [0.1, 0.15) is 0 Å². The summed E-state index contributed by atoms with van der Waals surface area (Å²) in [5, 5.41) is 0. The zero-order valence-electron chi connectivity index (χ0n) is 10.3. The number of carbonyl (C=O) groups is 1. The number of amides is 1. The lowest BCUT2D eigenvalue weighted by atomic mass is 10.00. The van der Waals surface area contributed by atoms with Gasteiger partial charge in [0.2, 0.25) is 5.91 Å². The van der Waals surface area contributed by atoms with Gasteiger partial charge in [-0.25, -0.2) is 0 Å². The van der Waals surface area contributed by atoms with E-state index in [2.05, 4.69) is 4.90 Å². The first kappa shape index (κ1) is 10.4. The predicted octanol–water partition coefficient (Wildman–Crippen LogP) is 1.23. The monoisotopic (exact) mass is 234 g/mol. The quantitative estimate of drug-likeness (QED) is 0.741. The molecule has 0 aromatic rings. The van der Waals surface area contributed by atoms with Gasteiger partial charge in [-0.1, -0.05) is 0 Å². The van der Waals surface area contributed by atoms with Crippen LogP contribution in [0.4, 0.5) is 0 Å². The Morgan fingerprint density at radius 3 is 2.18 bits per heavy atom. The number of hydrogen-bond acceptors (Lipinski definition) is 2. The molecule has 4 fully saturated rings. The first-order valence-electron chi connectivity index (χ1n) is 7.30. The number of rotatable bonds is 1. The van der Waals surface area contributed by atoms with E-state index < -0.39 is 0 Å². The Bertz CT molecular complexity index is 332. The third kappa shape index (κ3) is 1.41. The van der Waals surface area contributed by atoms with Gasteiger partial charge in [-0.15, -0.1) is 0 Å². The fourth-order valence-electron chi connectivity index (χ4n) is 4.99. The van der Waals surface area contributed by atoms with Crippen molar-refractivity contribution in [2.75, 3.05) is 13.1 Å². The van der Waals surface area contributed by atoms with Crippen molar-refractivity contribution in [3.63, 3.8) is 0 Å². The van der Waals surface area contributed by atoms with Crippen molar-refractivity contribution in [3.8, 4) is 0 Å². The number of piperidine rings is 1. The van der Waals surface area contributed by atoms with E-state index in [1.807, 2.05) is 0 Å². The molecule has 17 heavy (non-hydrogen) atoms. The minimum Gasteiger partial charge on any atom is -0.342 e. The highest BCUT2D eigenvalue weighted by atomic mass is 16.2. The molecule has 3 nitrogen and oxygen atoms in total. The van der Waals surface area contributed by atoms with Crippen molar-refractivity contribution < 1.29 is 4.79 Å². The van der Waals surface area contributed by atoms with E-state index in [1.54, 1.807) is 0 Å². The average Bonchev–Trinajstić information content (AvgIpc) is 2.77. The Balaban J connectivity index is 1.42. The molecule has 0 spiro atoms. The number of hydrogen-bond donors (Lipinski definition) is 1. The fraction of sp³-hybridized carbons (Fsp3) is 0.929. The molecular weight excluding hydrogens is 212 g/mol. The van der Waals surface area contributed by atoms with E-state index in [1.165, 1.54) is 19.3 Å². The van der Waals surface area contributed by atoms with Gasteiger partial charge >= 0.3 is 0 Å². The molecule has 3 aliphatic carbocycles. The summed E-state index contributed by atoms with van der Waals surface area (Å²) in [6.07, 6.45) is 6.24. The van der Waals surface area contributed by atoms with Crippen LogP contribution in [-0.2, 0) is 4.79 Å². The fourth-order valence-corrected chi connectivity index (χ4v) is 4.99. The van der Waals surface area contributed by atoms with Crippen LogP contribution < -0.4 is 5.73 Å². The maximum absolute atomic E-state index is 12.5. The van der Waals surface area contributed by atoms with Crippen LogP contribution in [-0.4, -0.2) is 29.9 Å². The summed E-state index contributed by atoms with van der Waals surface area (Å²) in [6.45, 7) is 1.82. The van der Waals surface area contributed by atoms with E-state index in [4.69, 9.17) is 5.73 Å². The van der Waals surface area contributed by atoms with Gasteiger partial charge in [0.05, 0.1) is 0 Å². The maximum atomic E-state index is 12.5. The maximum Gasteiger partial charge on any atom is 0.226 e. The van der Waals surface area contributed by atoms with Crippen molar-refractivity contribution in [2.24, 2.45) is 35.3 Å². The topological polar surface area (TPSA) is 46.3 Å². The molecule has 1 amide bonds. The second-order valence-electron chi connectivity index (χ2n) is 6.68. The number of likely N-dealkylation sites (tertiary alicyclic amines) is 1.